The second-order valence-corrected chi connectivity index (χ2v) is 9.38. The Morgan fingerprint density at radius 2 is 1.72 bits per heavy atom. The van der Waals surface area contributed by atoms with Gasteiger partial charge >= 0.3 is 0 Å². The number of rotatable bonds is 7. The molecular formula is C21H21Cl2N3O2S. The van der Waals surface area contributed by atoms with Gasteiger partial charge in [-0.05, 0) is 56.1 Å². The summed E-state index contributed by atoms with van der Waals surface area (Å²) in [7, 11) is 0.00262. The summed E-state index contributed by atoms with van der Waals surface area (Å²) in [5.41, 5.74) is 2.37. The molecule has 152 valence electrons. The minimum atomic E-state index is -3.75. The molecule has 0 saturated heterocycles. The van der Waals surface area contributed by atoms with Crippen molar-refractivity contribution in [3.05, 3.63) is 82.5 Å². The highest BCUT2D eigenvalue weighted by atomic mass is 35.5. The molecule has 3 rings (SSSR count). The minimum absolute atomic E-state index is 0.181. The van der Waals surface area contributed by atoms with Crippen molar-refractivity contribution in [2.75, 3.05) is 20.6 Å². The third-order valence-electron chi connectivity index (χ3n) is 4.32. The minimum Gasteiger partial charge on any atom is -0.307 e. The number of aromatic nitrogens is 1. The van der Waals surface area contributed by atoms with Crippen molar-refractivity contribution in [1.82, 2.24) is 14.6 Å². The standard InChI is InChI=1S/C21H21Cl2N3O2S/c1-26(2)14-21(16-8-11-18(22)19(23)13-16)25-29(27,28)17-9-6-15(7-10-17)20-5-3-4-12-24-20/h3-13,21,25H,14H2,1-2H3/t21-/m1/s1. The van der Waals surface area contributed by atoms with Crippen LogP contribution < -0.4 is 4.72 Å². The second kappa shape index (κ2) is 9.24. The molecule has 1 atom stereocenters. The summed E-state index contributed by atoms with van der Waals surface area (Å²) < 4.78 is 28.8. The molecule has 0 bridgehead atoms. The zero-order valence-electron chi connectivity index (χ0n) is 16.0. The van der Waals surface area contributed by atoms with Gasteiger partial charge in [0.15, 0.2) is 0 Å². The SMILES string of the molecule is CN(C)C[C@@H](NS(=O)(=O)c1ccc(-c2ccccn2)cc1)c1ccc(Cl)c(Cl)c1. The van der Waals surface area contributed by atoms with E-state index in [0.29, 0.717) is 16.6 Å². The van der Waals surface area contributed by atoms with Crippen molar-refractivity contribution in [2.45, 2.75) is 10.9 Å². The lowest BCUT2D eigenvalue weighted by atomic mass is 10.1. The van der Waals surface area contributed by atoms with Gasteiger partial charge in [-0.1, -0.05) is 47.5 Å². The Morgan fingerprint density at radius 3 is 2.31 bits per heavy atom. The van der Waals surface area contributed by atoms with Crippen LogP contribution in [0.1, 0.15) is 11.6 Å². The van der Waals surface area contributed by atoms with E-state index in [2.05, 4.69) is 9.71 Å². The molecule has 1 heterocycles. The van der Waals surface area contributed by atoms with E-state index in [-0.39, 0.29) is 4.90 Å². The van der Waals surface area contributed by atoms with Crippen molar-refractivity contribution in [3.63, 3.8) is 0 Å². The number of likely N-dealkylation sites (N-methyl/N-ethyl adjacent to an activating group) is 1. The van der Waals surface area contributed by atoms with E-state index >= 15 is 0 Å². The maximum Gasteiger partial charge on any atom is 0.241 e. The van der Waals surface area contributed by atoms with Gasteiger partial charge in [0.25, 0.3) is 0 Å². The summed E-state index contributed by atoms with van der Waals surface area (Å²) in [5, 5.41) is 0.804. The predicted octanol–water partition coefficient (Wildman–Crippen LogP) is 4.64. The maximum absolute atomic E-state index is 13.0. The van der Waals surface area contributed by atoms with Gasteiger partial charge in [-0.25, -0.2) is 13.1 Å². The number of hydrogen-bond acceptors (Lipinski definition) is 4. The van der Waals surface area contributed by atoms with Gasteiger partial charge < -0.3 is 4.90 Å². The summed E-state index contributed by atoms with van der Waals surface area (Å²) >= 11 is 12.1. The van der Waals surface area contributed by atoms with E-state index in [1.165, 1.54) is 0 Å². The monoisotopic (exact) mass is 449 g/mol. The van der Waals surface area contributed by atoms with Crippen LogP contribution in [-0.4, -0.2) is 38.9 Å². The number of halogens is 2. The second-order valence-electron chi connectivity index (χ2n) is 6.85. The highest BCUT2D eigenvalue weighted by Gasteiger charge is 2.23. The molecule has 0 unspecified atom stereocenters. The van der Waals surface area contributed by atoms with Crippen LogP contribution in [0.15, 0.2) is 71.8 Å². The lowest BCUT2D eigenvalue weighted by molar-refractivity contribution is 0.363. The van der Waals surface area contributed by atoms with Gasteiger partial charge in [-0.2, -0.15) is 0 Å². The molecule has 8 heteroatoms. The predicted molar refractivity (Wildman–Crippen MR) is 118 cm³/mol. The molecule has 2 aromatic carbocycles. The van der Waals surface area contributed by atoms with Crippen LogP contribution >= 0.6 is 23.2 Å². The van der Waals surface area contributed by atoms with Crippen molar-refractivity contribution in [2.24, 2.45) is 0 Å². The van der Waals surface area contributed by atoms with Crippen LogP contribution in [-0.2, 0) is 10.0 Å². The summed E-state index contributed by atoms with van der Waals surface area (Å²) in [6, 6.07) is 16.9. The Labute approximate surface area is 181 Å². The van der Waals surface area contributed by atoms with Crippen LogP contribution in [0.3, 0.4) is 0 Å². The van der Waals surface area contributed by atoms with Gasteiger partial charge in [0.1, 0.15) is 0 Å². The van der Waals surface area contributed by atoms with E-state index < -0.39 is 16.1 Å². The number of hydrogen-bond donors (Lipinski definition) is 1. The maximum atomic E-state index is 13.0. The fourth-order valence-corrected chi connectivity index (χ4v) is 4.42. The molecule has 0 fully saturated rings. The molecular weight excluding hydrogens is 429 g/mol. The smallest absolute Gasteiger partial charge is 0.241 e. The quantitative estimate of drug-likeness (QED) is 0.570. The zero-order chi connectivity index (χ0) is 21.0. The molecule has 1 N–H and O–H groups in total. The number of pyridine rings is 1. The average molecular weight is 450 g/mol. The Morgan fingerprint density at radius 1 is 1.00 bits per heavy atom. The average Bonchev–Trinajstić information content (AvgIpc) is 2.70. The van der Waals surface area contributed by atoms with E-state index in [1.807, 2.05) is 37.2 Å². The molecule has 3 aromatic rings. The third-order valence-corrected chi connectivity index (χ3v) is 6.54. The van der Waals surface area contributed by atoms with Crippen LogP contribution in [0.25, 0.3) is 11.3 Å². The zero-order valence-corrected chi connectivity index (χ0v) is 18.3. The topological polar surface area (TPSA) is 62.3 Å². The van der Waals surface area contributed by atoms with Gasteiger partial charge in [0.05, 0.1) is 26.7 Å². The fraction of sp³-hybridized carbons (Fsp3) is 0.190. The molecule has 5 nitrogen and oxygen atoms in total. The van der Waals surface area contributed by atoms with Crippen LogP contribution in [0, 0.1) is 0 Å². The van der Waals surface area contributed by atoms with Crippen molar-refractivity contribution in [1.29, 1.82) is 0 Å². The number of benzene rings is 2. The van der Waals surface area contributed by atoms with E-state index in [9.17, 15) is 8.42 Å². The largest absolute Gasteiger partial charge is 0.307 e. The van der Waals surface area contributed by atoms with Crippen molar-refractivity contribution < 1.29 is 8.42 Å². The lowest BCUT2D eigenvalue weighted by Gasteiger charge is -2.23. The molecule has 0 saturated carbocycles. The first-order valence-electron chi connectivity index (χ1n) is 8.90. The summed E-state index contributed by atoms with van der Waals surface area (Å²) in [5.74, 6) is 0. The Balaban J connectivity index is 1.87. The highest BCUT2D eigenvalue weighted by Crippen LogP contribution is 2.27. The molecule has 0 spiro atoms. The normalized spacial score (nSPS) is 12.9. The number of sulfonamides is 1. The van der Waals surface area contributed by atoms with Gasteiger partial charge in [0.2, 0.25) is 10.0 Å². The van der Waals surface area contributed by atoms with E-state index in [1.54, 1.807) is 48.7 Å². The molecule has 1 aromatic heterocycles. The summed E-state index contributed by atoms with van der Waals surface area (Å²) in [6.45, 7) is 0.462. The van der Waals surface area contributed by atoms with Crippen LogP contribution in [0.4, 0.5) is 0 Å². The molecule has 0 aliphatic rings. The first-order valence-corrected chi connectivity index (χ1v) is 11.1. The number of nitrogens with zero attached hydrogens (tertiary/aromatic N) is 2. The lowest BCUT2D eigenvalue weighted by Crippen LogP contribution is -2.35. The van der Waals surface area contributed by atoms with Crippen LogP contribution in [0.5, 0.6) is 0 Å². The number of nitrogens with one attached hydrogen (secondary N) is 1. The van der Waals surface area contributed by atoms with Gasteiger partial charge in [0, 0.05) is 18.3 Å². The van der Waals surface area contributed by atoms with E-state index in [0.717, 1.165) is 16.8 Å². The van der Waals surface area contributed by atoms with Crippen molar-refractivity contribution >= 4 is 33.2 Å². The summed E-state index contributed by atoms with van der Waals surface area (Å²) in [6.07, 6.45) is 1.70. The third kappa shape index (κ3) is 5.56. The highest BCUT2D eigenvalue weighted by molar-refractivity contribution is 7.89. The first kappa shape index (κ1) is 21.7. The Bertz CT molecular complexity index is 1070. The molecule has 0 aliphatic carbocycles. The molecule has 0 radical (unpaired) electrons. The van der Waals surface area contributed by atoms with E-state index in [4.69, 9.17) is 23.2 Å². The van der Waals surface area contributed by atoms with Crippen molar-refractivity contribution in [3.8, 4) is 11.3 Å². The van der Waals surface area contributed by atoms with Crippen LogP contribution in [0.2, 0.25) is 10.0 Å². The fourth-order valence-electron chi connectivity index (χ4n) is 2.90. The van der Waals surface area contributed by atoms with Gasteiger partial charge in [-0.15, -0.1) is 0 Å². The molecule has 29 heavy (non-hydrogen) atoms. The Hall–Kier alpha value is -1.96. The Kier molecular flexibility index (Phi) is 6.93. The molecule has 0 aliphatic heterocycles. The first-order chi connectivity index (χ1) is 13.8. The summed E-state index contributed by atoms with van der Waals surface area (Å²) in [4.78, 5) is 6.37. The van der Waals surface area contributed by atoms with Gasteiger partial charge in [-0.3, -0.25) is 4.98 Å². The molecule has 0 amide bonds.